The Bertz CT molecular complexity index is 607. The summed E-state index contributed by atoms with van der Waals surface area (Å²) in [6, 6.07) is 8.13. The summed E-state index contributed by atoms with van der Waals surface area (Å²) in [5.41, 5.74) is 2.02. The number of likely N-dealkylation sites (tertiary alicyclic amines) is 1. The van der Waals surface area contributed by atoms with Gasteiger partial charge in [-0.25, -0.2) is 4.68 Å². The lowest BCUT2D eigenvalue weighted by Crippen LogP contribution is -2.51. The third-order valence-corrected chi connectivity index (χ3v) is 3.77. The fourth-order valence-electron chi connectivity index (χ4n) is 2.40. The average molecular weight is 273 g/mol. The van der Waals surface area contributed by atoms with Crippen LogP contribution in [-0.4, -0.2) is 49.3 Å². The molecule has 0 aliphatic carbocycles. The number of hydrogen-bond donors (Lipinski definition) is 1. The number of rotatable bonds is 4. The number of nitrogens with zero attached hydrogens (tertiary/aromatic N) is 5. The Morgan fingerprint density at radius 1 is 1.45 bits per heavy atom. The van der Waals surface area contributed by atoms with E-state index in [-0.39, 0.29) is 12.0 Å². The Morgan fingerprint density at radius 2 is 2.25 bits per heavy atom. The molecule has 2 aromatic rings. The second-order valence-corrected chi connectivity index (χ2v) is 5.01. The van der Waals surface area contributed by atoms with Gasteiger partial charge >= 0.3 is 5.97 Å². The maximum Gasteiger partial charge on any atom is 0.309 e. The molecule has 20 heavy (non-hydrogen) atoms. The molecule has 1 unspecified atom stereocenters. The van der Waals surface area contributed by atoms with E-state index in [2.05, 4.69) is 27.3 Å². The van der Waals surface area contributed by atoms with Crippen molar-refractivity contribution in [3.8, 4) is 5.69 Å². The molecule has 1 aliphatic heterocycles. The third kappa shape index (κ3) is 2.27. The SMILES string of the molecule is CC(c1cccc(-n2cnnn2)c1)N1CC(C(=O)O)C1. The third-order valence-electron chi connectivity index (χ3n) is 3.77. The zero-order chi connectivity index (χ0) is 14.1. The molecule has 0 spiro atoms. The monoisotopic (exact) mass is 273 g/mol. The van der Waals surface area contributed by atoms with Gasteiger partial charge in [-0.05, 0) is 35.0 Å². The van der Waals surface area contributed by atoms with Gasteiger partial charge in [0.25, 0.3) is 0 Å². The van der Waals surface area contributed by atoms with E-state index in [1.165, 1.54) is 0 Å². The first-order chi connectivity index (χ1) is 9.65. The van der Waals surface area contributed by atoms with Crippen molar-refractivity contribution in [3.05, 3.63) is 36.2 Å². The first kappa shape index (κ1) is 12.7. The van der Waals surface area contributed by atoms with Gasteiger partial charge in [0.1, 0.15) is 6.33 Å². The molecule has 0 saturated carbocycles. The zero-order valence-corrected chi connectivity index (χ0v) is 11.0. The van der Waals surface area contributed by atoms with Crippen molar-refractivity contribution >= 4 is 5.97 Å². The molecule has 2 heterocycles. The molecule has 0 amide bonds. The number of tetrazole rings is 1. The topological polar surface area (TPSA) is 84.1 Å². The summed E-state index contributed by atoms with van der Waals surface area (Å²) < 4.78 is 1.60. The van der Waals surface area contributed by atoms with Gasteiger partial charge in [0.05, 0.1) is 11.6 Å². The molecule has 7 nitrogen and oxygen atoms in total. The second kappa shape index (κ2) is 5.01. The molecule has 1 saturated heterocycles. The summed E-state index contributed by atoms with van der Waals surface area (Å²) in [6.45, 7) is 3.29. The Balaban J connectivity index is 1.74. The van der Waals surface area contributed by atoms with Crippen molar-refractivity contribution in [1.82, 2.24) is 25.1 Å². The van der Waals surface area contributed by atoms with Crippen LogP contribution < -0.4 is 0 Å². The van der Waals surface area contributed by atoms with E-state index in [1.54, 1.807) is 11.0 Å². The minimum absolute atomic E-state index is 0.182. The lowest BCUT2D eigenvalue weighted by molar-refractivity contribution is -0.148. The van der Waals surface area contributed by atoms with E-state index in [9.17, 15) is 4.79 Å². The van der Waals surface area contributed by atoms with Crippen LogP contribution in [-0.2, 0) is 4.79 Å². The predicted octanol–water partition coefficient (Wildman–Crippen LogP) is 0.740. The maximum absolute atomic E-state index is 10.8. The maximum atomic E-state index is 10.8. The molecule has 0 radical (unpaired) electrons. The molecule has 3 rings (SSSR count). The fraction of sp³-hybridized carbons (Fsp3) is 0.385. The van der Waals surface area contributed by atoms with Crippen LogP contribution in [0.4, 0.5) is 0 Å². The number of carboxylic acid groups (broad SMARTS) is 1. The predicted molar refractivity (Wildman–Crippen MR) is 70.3 cm³/mol. The van der Waals surface area contributed by atoms with E-state index >= 15 is 0 Å². The van der Waals surface area contributed by atoms with Crippen LogP contribution in [0, 0.1) is 5.92 Å². The van der Waals surface area contributed by atoms with Crippen LogP contribution in [0.25, 0.3) is 5.69 Å². The number of carbonyl (C=O) groups is 1. The summed E-state index contributed by atoms with van der Waals surface area (Å²) in [5.74, 6) is -0.948. The van der Waals surface area contributed by atoms with Crippen molar-refractivity contribution in [1.29, 1.82) is 0 Å². The standard InChI is InChI=1S/C13H15N5O2/c1-9(17-6-11(7-17)13(19)20)10-3-2-4-12(5-10)18-8-14-15-16-18/h2-5,8-9,11H,6-7H2,1H3,(H,19,20). The molecule has 1 aromatic carbocycles. The van der Waals surface area contributed by atoms with Crippen LogP contribution in [0.15, 0.2) is 30.6 Å². The van der Waals surface area contributed by atoms with E-state index < -0.39 is 5.97 Å². The summed E-state index contributed by atoms with van der Waals surface area (Å²) in [6.07, 6.45) is 1.55. The second-order valence-electron chi connectivity index (χ2n) is 5.01. The van der Waals surface area contributed by atoms with Gasteiger partial charge in [0.2, 0.25) is 0 Å². The number of hydrogen-bond acceptors (Lipinski definition) is 5. The molecular weight excluding hydrogens is 258 g/mol. The quantitative estimate of drug-likeness (QED) is 0.884. The number of benzene rings is 1. The number of carboxylic acids is 1. The van der Waals surface area contributed by atoms with Crippen molar-refractivity contribution in [2.45, 2.75) is 13.0 Å². The van der Waals surface area contributed by atoms with Crippen molar-refractivity contribution < 1.29 is 9.90 Å². The molecule has 1 aliphatic rings. The Morgan fingerprint density at radius 3 is 2.90 bits per heavy atom. The number of aromatic nitrogens is 4. The van der Waals surface area contributed by atoms with Gasteiger partial charge in [-0.3, -0.25) is 9.69 Å². The molecule has 1 aromatic heterocycles. The molecule has 0 bridgehead atoms. The fourth-order valence-corrected chi connectivity index (χ4v) is 2.40. The van der Waals surface area contributed by atoms with Crippen LogP contribution in [0.2, 0.25) is 0 Å². The van der Waals surface area contributed by atoms with Gasteiger partial charge in [-0.2, -0.15) is 0 Å². The van der Waals surface area contributed by atoms with Crippen molar-refractivity contribution in [2.75, 3.05) is 13.1 Å². The Labute approximate surface area is 115 Å². The van der Waals surface area contributed by atoms with Gasteiger partial charge in [-0.1, -0.05) is 12.1 Å². The van der Waals surface area contributed by atoms with E-state index in [4.69, 9.17) is 5.11 Å². The van der Waals surface area contributed by atoms with Crippen molar-refractivity contribution in [2.24, 2.45) is 5.92 Å². The van der Waals surface area contributed by atoms with Gasteiger partial charge in [-0.15, -0.1) is 5.10 Å². The smallest absolute Gasteiger partial charge is 0.309 e. The van der Waals surface area contributed by atoms with Gasteiger partial charge in [0, 0.05) is 19.1 Å². The van der Waals surface area contributed by atoms with E-state index in [0.29, 0.717) is 13.1 Å². The Kier molecular flexibility index (Phi) is 3.19. The zero-order valence-electron chi connectivity index (χ0n) is 11.0. The molecule has 7 heteroatoms. The normalized spacial score (nSPS) is 17.6. The summed E-state index contributed by atoms with van der Waals surface area (Å²) >= 11 is 0. The first-order valence-corrected chi connectivity index (χ1v) is 6.45. The van der Waals surface area contributed by atoms with Gasteiger partial charge in [0.15, 0.2) is 0 Å². The van der Waals surface area contributed by atoms with Crippen LogP contribution in [0.5, 0.6) is 0 Å². The highest BCUT2D eigenvalue weighted by molar-refractivity contribution is 5.71. The summed E-state index contributed by atoms with van der Waals surface area (Å²) in [4.78, 5) is 13.0. The molecule has 104 valence electrons. The van der Waals surface area contributed by atoms with Crippen LogP contribution >= 0.6 is 0 Å². The van der Waals surface area contributed by atoms with Crippen LogP contribution in [0.1, 0.15) is 18.5 Å². The summed E-state index contributed by atoms with van der Waals surface area (Å²) in [5, 5.41) is 20.0. The van der Waals surface area contributed by atoms with Gasteiger partial charge < -0.3 is 5.11 Å². The molecular formula is C13H15N5O2. The summed E-state index contributed by atoms with van der Waals surface area (Å²) in [7, 11) is 0. The number of aliphatic carboxylic acids is 1. The molecule has 1 atom stereocenters. The lowest BCUT2D eigenvalue weighted by Gasteiger charge is -2.41. The van der Waals surface area contributed by atoms with Crippen LogP contribution in [0.3, 0.4) is 0 Å². The Hall–Kier alpha value is -2.28. The molecule has 1 N–H and O–H groups in total. The first-order valence-electron chi connectivity index (χ1n) is 6.45. The van der Waals surface area contributed by atoms with Crippen molar-refractivity contribution in [3.63, 3.8) is 0 Å². The highest BCUT2D eigenvalue weighted by Crippen LogP contribution is 2.29. The lowest BCUT2D eigenvalue weighted by atomic mass is 9.95. The minimum atomic E-state index is -0.712. The highest BCUT2D eigenvalue weighted by atomic mass is 16.4. The largest absolute Gasteiger partial charge is 0.481 e. The molecule has 1 fully saturated rings. The van der Waals surface area contributed by atoms with E-state index in [0.717, 1.165) is 11.3 Å². The minimum Gasteiger partial charge on any atom is -0.481 e. The van der Waals surface area contributed by atoms with E-state index in [1.807, 2.05) is 24.3 Å². The highest BCUT2D eigenvalue weighted by Gasteiger charge is 2.35. The average Bonchev–Trinajstić information content (AvgIpc) is 2.90.